The molecule has 0 aliphatic carbocycles. The predicted molar refractivity (Wildman–Crippen MR) is 155 cm³/mol. The second-order valence-electron chi connectivity index (χ2n) is 9.23. The number of nitrogens with zero attached hydrogens (tertiary/aromatic N) is 3. The molecule has 15 nitrogen and oxygen atoms in total. The van der Waals surface area contributed by atoms with E-state index in [0.29, 0.717) is 5.56 Å². The van der Waals surface area contributed by atoms with Crippen LogP contribution in [-0.4, -0.2) is 73.8 Å². The molecule has 1 unspecified atom stereocenters. The quantitative estimate of drug-likeness (QED) is 0.0892. The zero-order valence-corrected chi connectivity index (χ0v) is 24.9. The highest BCUT2D eigenvalue weighted by Crippen LogP contribution is 2.49. The van der Waals surface area contributed by atoms with Crippen molar-refractivity contribution < 1.29 is 43.4 Å². The number of carboxylic acid groups (broad SMARTS) is 1. The summed E-state index contributed by atoms with van der Waals surface area (Å²) in [4.78, 5) is 71.1. The number of nitrogens with two attached hydrogens (primary N) is 2. The Morgan fingerprint density at radius 2 is 1.91 bits per heavy atom. The predicted octanol–water partition coefficient (Wildman–Crippen LogP) is 0.974. The van der Waals surface area contributed by atoms with Crippen molar-refractivity contribution in [3.05, 3.63) is 46.1 Å². The maximum absolute atomic E-state index is 13.7. The monoisotopic (exact) mass is 632 g/mol. The third kappa shape index (κ3) is 6.63. The zero-order chi connectivity index (χ0) is 31.5. The molecule has 0 radical (unpaired) electrons. The number of oxime groups is 1. The molecule has 1 aromatic carbocycles. The topological polar surface area (TPSA) is 226 Å². The molecule has 228 valence electrons. The van der Waals surface area contributed by atoms with Crippen molar-refractivity contribution in [1.29, 1.82) is 0 Å². The van der Waals surface area contributed by atoms with Gasteiger partial charge in [-0.15, -0.1) is 23.1 Å². The van der Waals surface area contributed by atoms with Crippen molar-refractivity contribution in [2.75, 3.05) is 18.9 Å². The number of aromatic nitrogens is 1. The number of nitrogen functional groups attached to an aromatic ring is 1. The summed E-state index contributed by atoms with van der Waals surface area (Å²) >= 11 is 2.19. The molecule has 2 atom stereocenters. The molecule has 43 heavy (non-hydrogen) atoms. The maximum atomic E-state index is 13.7. The third-order valence-electron chi connectivity index (χ3n) is 6.22. The van der Waals surface area contributed by atoms with E-state index in [1.54, 1.807) is 6.92 Å². The molecule has 0 bridgehead atoms. The highest BCUT2D eigenvalue weighted by molar-refractivity contribution is 8.01. The van der Waals surface area contributed by atoms with Gasteiger partial charge in [0.05, 0.1) is 11.8 Å². The molecule has 0 saturated carbocycles. The highest BCUT2D eigenvalue weighted by atomic mass is 32.2. The minimum atomic E-state index is -1.54. The van der Waals surface area contributed by atoms with Gasteiger partial charge in [-0.25, -0.2) is 9.78 Å². The Morgan fingerprint density at radius 1 is 1.21 bits per heavy atom. The summed E-state index contributed by atoms with van der Waals surface area (Å²) in [5, 5.41) is 18.1. The van der Waals surface area contributed by atoms with E-state index < -0.39 is 40.0 Å². The van der Waals surface area contributed by atoms with E-state index in [2.05, 4.69) is 15.5 Å². The number of ether oxygens (including phenoxy) is 2. The standard InChI is InChI=1S/C26H28N6O9S2/c1-4-39-31-21(16-10-42-25(28)29-16)23(36)30-26(11-27)15(22(24(37)38)32-19(35)9-20(32)43-26)7-14-5-6-17(40-12(2)33)18(8-14)41-13(3)34/h5-6,8,10,20H,4,7,9,11,27H2,1-3H3,(H2,28,29)(H,30,36)(H,37,38)/b31-21-/t20-,26?/m1/s1. The molecule has 3 heterocycles. The van der Waals surface area contributed by atoms with Gasteiger partial charge in [-0.1, -0.05) is 11.2 Å². The van der Waals surface area contributed by atoms with Gasteiger partial charge < -0.3 is 36.2 Å². The van der Waals surface area contributed by atoms with E-state index in [1.165, 1.54) is 30.5 Å². The highest BCUT2D eigenvalue weighted by Gasteiger charge is 2.55. The Hall–Kier alpha value is -4.48. The fraction of sp³-hybridized carbons (Fsp3) is 0.346. The maximum Gasteiger partial charge on any atom is 0.352 e. The Balaban J connectivity index is 1.82. The lowest BCUT2D eigenvalue weighted by atomic mass is 9.92. The number of anilines is 1. The summed E-state index contributed by atoms with van der Waals surface area (Å²) in [6, 6.07) is 4.30. The molecular formula is C26H28N6O9S2. The number of β-lactam (4-membered cyclic amide) rings is 1. The number of hydrogen-bond donors (Lipinski definition) is 4. The van der Waals surface area contributed by atoms with Crippen molar-refractivity contribution in [3.8, 4) is 11.5 Å². The number of aliphatic carboxylic acids is 1. The summed E-state index contributed by atoms with van der Waals surface area (Å²) in [5.41, 5.74) is 12.1. The van der Waals surface area contributed by atoms with Gasteiger partial charge >= 0.3 is 17.9 Å². The normalized spacial score (nSPS) is 19.7. The number of benzene rings is 1. The number of fused-ring (bicyclic) bond motifs is 1. The Morgan fingerprint density at radius 3 is 2.47 bits per heavy atom. The van der Waals surface area contributed by atoms with Gasteiger partial charge in [0.15, 0.2) is 22.3 Å². The van der Waals surface area contributed by atoms with E-state index in [0.717, 1.165) is 34.9 Å². The molecule has 2 aliphatic rings. The van der Waals surface area contributed by atoms with Crippen molar-refractivity contribution in [1.82, 2.24) is 15.2 Å². The van der Waals surface area contributed by atoms with Crippen LogP contribution < -0.4 is 26.3 Å². The first kappa shape index (κ1) is 31.5. The lowest BCUT2D eigenvalue weighted by Crippen LogP contribution is -2.65. The van der Waals surface area contributed by atoms with Crippen LogP contribution in [0.2, 0.25) is 0 Å². The van der Waals surface area contributed by atoms with Gasteiger partial charge in [-0.3, -0.25) is 24.1 Å². The Kier molecular flexibility index (Phi) is 9.37. The summed E-state index contributed by atoms with van der Waals surface area (Å²) in [7, 11) is 0. The fourth-order valence-corrected chi connectivity index (χ4v) is 6.61. The lowest BCUT2D eigenvalue weighted by Gasteiger charge is -2.51. The average Bonchev–Trinajstić information content (AvgIpc) is 3.36. The molecule has 1 saturated heterocycles. The summed E-state index contributed by atoms with van der Waals surface area (Å²) in [5.74, 6) is -4.06. The minimum absolute atomic E-state index is 0.0303. The first-order valence-corrected chi connectivity index (χ1v) is 14.6. The molecule has 2 aromatic rings. The zero-order valence-electron chi connectivity index (χ0n) is 23.2. The molecule has 2 aliphatic heterocycles. The molecule has 2 amide bonds. The smallest absolute Gasteiger partial charge is 0.352 e. The molecule has 1 aromatic heterocycles. The van der Waals surface area contributed by atoms with E-state index in [4.69, 9.17) is 25.8 Å². The van der Waals surface area contributed by atoms with Crippen molar-refractivity contribution in [2.24, 2.45) is 10.9 Å². The molecular weight excluding hydrogens is 604 g/mol. The van der Waals surface area contributed by atoms with Crippen LogP contribution in [0, 0.1) is 0 Å². The van der Waals surface area contributed by atoms with Crippen molar-refractivity contribution >= 4 is 63.7 Å². The number of thioether (sulfide) groups is 1. The van der Waals surface area contributed by atoms with E-state index in [1.807, 2.05) is 0 Å². The molecule has 0 spiro atoms. The molecule has 4 rings (SSSR count). The number of carbonyl (C=O) groups is 5. The number of esters is 2. The average molecular weight is 633 g/mol. The summed E-state index contributed by atoms with van der Waals surface area (Å²) in [6.07, 6.45) is -0.138. The minimum Gasteiger partial charge on any atom is -0.477 e. The number of nitrogens with one attached hydrogen (secondary N) is 1. The lowest BCUT2D eigenvalue weighted by molar-refractivity contribution is -0.146. The van der Waals surface area contributed by atoms with E-state index in [9.17, 15) is 29.1 Å². The van der Waals surface area contributed by atoms with Gasteiger partial charge in [0.25, 0.3) is 5.91 Å². The van der Waals surface area contributed by atoms with Crippen LogP contribution in [0.15, 0.2) is 40.0 Å². The Labute approximate surface area is 253 Å². The van der Waals surface area contributed by atoms with Crippen LogP contribution in [0.4, 0.5) is 5.13 Å². The number of hydrogen-bond acceptors (Lipinski definition) is 14. The SMILES string of the molecule is CCO/N=C(\C(=O)NC1(CN)S[C@@H]2CC(=O)N2C(C(=O)O)=C1Cc1ccc(OC(C)=O)c(OC(C)=O)c1)c1csc(N)n1. The number of rotatable bonds is 11. The molecule has 6 N–H and O–H groups in total. The Bertz CT molecular complexity index is 1560. The number of amides is 2. The van der Waals surface area contributed by atoms with Crippen molar-refractivity contribution in [2.45, 2.75) is 43.9 Å². The second kappa shape index (κ2) is 12.8. The van der Waals surface area contributed by atoms with Crippen LogP contribution in [0.1, 0.15) is 38.4 Å². The first-order chi connectivity index (χ1) is 20.4. The van der Waals surface area contributed by atoms with Gasteiger partial charge in [0.2, 0.25) is 5.91 Å². The fourth-order valence-electron chi connectivity index (χ4n) is 4.49. The number of carbonyl (C=O) groups excluding carboxylic acids is 4. The van der Waals surface area contributed by atoms with Gasteiger partial charge in [0, 0.05) is 31.3 Å². The van der Waals surface area contributed by atoms with Crippen LogP contribution in [0.25, 0.3) is 0 Å². The van der Waals surface area contributed by atoms with Gasteiger partial charge in [-0.05, 0) is 31.0 Å². The van der Waals surface area contributed by atoms with Crippen LogP contribution in [-0.2, 0) is 35.2 Å². The number of carboxylic acids is 1. The summed E-state index contributed by atoms with van der Waals surface area (Å²) in [6.45, 7) is 3.88. The van der Waals surface area contributed by atoms with Crippen molar-refractivity contribution in [3.63, 3.8) is 0 Å². The second-order valence-corrected chi connectivity index (χ2v) is 11.6. The third-order valence-corrected chi connectivity index (χ3v) is 8.46. The van der Waals surface area contributed by atoms with E-state index in [-0.39, 0.29) is 65.3 Å². The van der Waals surface area contributed by atoms with Crippen LogP contribution in [0.3, 0.4) is 0 Å². The molecule has 17 heteroatoms. The largest absolute Gasteiger partial charge is 0.477 e. The van der Waals surface area contributed by atoms with Crippen LogP contribution >= 0.6 is 23.1 Å². The first-order valence-electron chi connectivity index (χ1n) is 12.8. The van der Waals surface area contributed by atoms with Gasteiger partial charge in [-0.2, -0.15) is 0 Å². The molecule has 1 fully saturated rings. The van der Waals surface area contributed by atoms with Gasteiger partial charge in [0.1, 0.15) is 22.9 Å². The summed E-state index contributed by atoms with van der Waals surface area (Å²) < 4.78 is 10.3. The van der Waals surface area contributed by atoms with E-state index >= 15 is 0 Å². The van der Waals surface area contributed by atoms with Crippen LogP contribution in [0.5, 0.6) is 11.5 Å². The number of thiazole rings is 1.